The van der Waals surface area contributed by atoms with E-state index in [1.54, 1.807) is 0 Å². The fraction of sp³-hybridized carbons (Fsp3) is 0. The molecule has 0 unspecified atom stereocenters. The average molecular weight is 1720 g/mol. The van der Waals surface area contributed by atoms with E-state index in [4.69, 9.17) is 0 Å². The Balaban J connectivity index is 0. The molecular formula is CH5NY19-2. The molecule has 0 aliphatic rings. The van der Waals surface area contributed by atoms with Crippen LogP contribution in [0.1, 0.15) is 0 Å². The summed E-state index contributed by atoms with van der Waals surface area (Å²) in [5.41, 5.74) is 0. The summed E-state index contributed by atoms with van der Waals surface area (Å²) >= 11 is 0. The van der Waals surface area contributed by atoms with Crippen molar-refractivity contribution in [2.45, 2.75) is 0 Å². The number of rotatable bonds is 0. The van der Waals surface area contributed by atoms with Gasteiger partial charge in [-0.1, -0.05) is 0 Å². The molecule has 0 saturated heterocycles. The van der Waals surface area contributed by atoms with Crippen molar-refractivity contribution in [2.24, 2.45) is 0 Å². The van der Waals surface area contributed by atoms with Gasteiger partial charge in [-0.25, -0.2) is 0 Å². The van der Waals surface area contributed by atoms with E-state index in [0.29, 0.717) is 0 Å². The first-order valence-electron chi connectivity index (χ1n) is 0. The molecule has 0 atom stereocenters. The van der Waals surface area contributed by atoms with E-state index >= 15 is 0 Å². The summed E-state index contributed by atoms with van der Waals surface area (Å²) in [5.74, 6) is 0. The predicted octanol–water partition coefficient (Wildman–Crippen LogP) is 1.12. The molecule has 21 heavy (non-hydrogen) atoms. The Morgan fingerprint density at radius 2 is 0.143 bits per heavy atom. The van der Waals surface area contributed by atoms with Gasteiger partial charge < -0.3 is 13.6 Å². The molecule has 0 spiro atoms. The van der Waals surface area contributed by atoms with Gasteiger partial charge in [0.05, 0.1) is 0 Å². The Kier molecular flexibility index (Phi) is 1140. The van der Waals surface area contributed by atoms with Crippen molar-refractivity contribution in [3.05, 3.63) is 13.6 Å². The van der Waals surface area contributed by atoms with Crippen LogP contribution in [-0.4, -0.2) is 0 Å². The number of hydrogen-bond acceptors (Lipinski definition) is 0. The van der Waals surface area contributed by atoms with Crippen LogP contribution in [-0.2, 0) is 621 Å². The first-order valence-corrected chi connectivity index (χ1v) is 0. The predicted molar refractivity (Wildman–Crippen MR) is 11.7 cm³/mol. The van der Waals surface area contributed by atoms with E-state index < -0.39 is 0 Å². The van der Waals surface area contributed by atoms with E-state index in [2.05, 4.69) is 0 Å². The van der Waals surface area contributed by atoms with Crippen LogP contribution < -0.4 is 0 Å². The van der Waals surface area contributed by atoms with E-state index in [1.807, 2.05) is 0 Å². The second kappa shape index (κ2) is 149. The van der Waals surface area contributed by atoms with Crippen LogP contribution in [0.3, 0.4) is 0 Å². The number of nitrogens with two attached hydrogens (primary N) is 1. The summed E-state index contributed by atoms with van der Waals surface area (Å²) in [6.07, 6.45) is 0. The molecule has 0 aliphatic carbocycles. The third kappa shape index (κ3) is 142. The van der Waals surface area contributed by atoms with E-state index in [9.17, 15) is 0 Å². The van der Waals surface area contributed by atoms with Crippen molar-refractivity contribution in [3.63, 3.8) is 0 Å². The standard InChI is InChI=1S/CH3.H2N.19Y/h1H3;1H2;;;;;;;;;;;;;;;;;;;/q2*-1;;;;;;;;;;;;;;;;;;;. The summed E-state index contributed by atoms with van der Waals surface area (Å²) in [5, 5.41) is 0. The summed E-state index contributed by atoms with van der Waals surface area (Å²) in [6.45, 7) is 0. The molecule has 0 saturated carbocycles. The molecule has 73 valence electrons. The quantitative estimate of drug-likeness (QED) is 0.327. The second-order valence-corrected chi connectivity index (χ2v) is 0. The molecule has 0 aromatic carbocycles. The minimum absolute atomic E-state index is 0. The minimum Gasteiger partial charge on any atom is -0.693 e. The third-order valence-corrected chi connectivity index (χ3v) is 0. The van der Waals surface area contributed by atoms with Gasteiger partial charge in [-0.15, -0.1) is 0 Å². The molecule has 2 N–H and O–H groups in total. The van der Waals surface area contributed by atoms with Crippen molar-refractivity contribution >= 4 is 0 Å². The van der Waals surface area contributed by atoms with Gasteiger partial charge in [0, 0.05) is 621 Å². The molecule has 20 heteroatoms. The van der Waals surface area contributed by atoms with E-state index in [-0.39, 0.29) is 635 Å². The van der Waals surface area contributed by atoms with Crippen molar-refractivity contribution in [1.82, 2.24) is 0 Å². The van der Waals surface area contributed by atoms with Gasteiger partial charge in [0.25, 0.3) is 0 Å². The zero-order valence-electron chi connectivity index (χ0n) is 12.5. The monoisotopic (exact) mass is 1720 g/mol. The van der Waals surface area contributed by atoms with Gasteiger partial charge in [0.2, 0.25) is 0 Å². The largest absolute Gasteiger partial charge is 0.693 e. The van der Waals surface area contributed by atoms with Crippen LogP contribution in [0.5, 0.6) is 0 Å². The average Bonchev–Trinajstić information content (AvgIpc) is 0. The molecule has 19 radical (unpaired) electrons. The molecule has 0 rings (SSSR count). The van der Waals surface area contributed by atoms with Gasteiger partial charge >= 0.3 is 0 Å². The Morgan fingerprint density at radius 3 is 0.143 bits per heavy atom. The Morgan fingerprint density at radius 1 is 0.143 bits per heavy atom. The molecule has 0 bridgehead atoms. The molecule has 0 aliphatic heterocycles. The fourth-order valence-corrected chi connectivity index (χ4v) is 0. The topological polar surface area (TPSA) is 33.5 Å². The summed E-state index contributed by atoms with van der Waals surface area (Å²) in [6, 6.07) is 0. The first-order chi connectivity index (χ1) is 0. The summed E-state index contributed by atoms with van der Waals surface area (Å²) in [4.78, 5) is 0. The molecule has 0 aromatic rings. The summed E-state index contributed by atoms with van der Waals surface area (Å²) in [7, 11) is 0. The molecule has 0 fully saturated rings. The maximum Gasteiger partial charge on any atom is 0 e. The fourth-order valence-electron chi connectivity index (χ4n) is 0. The maximum atomic E-state index is 0. The van der Waals surface area contributed by atoms with Crippen LogP contribution in [0.4, 0.5) is 0 Å². The van der Waals surface area contributed by atoms with Crippen molar-refractivity contribution in [1.29, 1.82) is 0 Å². The zero-order valence-corrected chi connectivity index (χ0v) is 66.5. The van der Waals surface area contributed by atoms with Crippen LogP contribution >= 0.6 is 0 Å². The Hall–Kier alpha value is 20.9. The molecular weight excluding hydrogens is 1720 g/mol. The van der Waals surface area contributed by atoms with Crippen LogP contribution in [0, 0.1) is 7.43 Å². The molecule has 0 aromatic heterocycles. The van der Waals surface area contributed by atoms with Crippen LogP contribution in [0.25, 0.3) is 6.15 Å². The Bertz CT molecular complexity index is 11.5. The SMILES string of the molecule is [CH3-].[NH2-].[Y].[Y].[Y].[Y].[Y].[Y].[Y].[Y].[Y].[Y].[Y].[Y].[Y].[Y].[Y].[Y].[Y].[Y].[Y]. The van der Waals surface area contributed by atoms with Crippen molar-refractivity contribution < 1.29 is 621 Å². The van der Waals surface area contributed by atoms with Gasteiger partial charge in [0.1, 0.15) is 0 Å². The Labute approximate surface area is 611 Å². The first kappa shape index (κ1) is 160. The minimum atomic E-state index is 0. The molecule has 1 nitrogen and oxygen atoms in total. The third-order valence-electron chi connectivity index (χ3n) is 0. The van der Waals surface area contributed by atoms with Gasteiger partial charge in [0.15, 0.2) is 0 Å². The van der Waals surface area contributed by atoms with E-state index in [0.717, 1.165) is 0 Å². The molecule has 0 heterocycles. The van der Waals surface area contributed by atoms with Crippen molar-refractivity contribution in [2.75, 3.05) is 0 Å². The zero-order chi connectivity index (χ0) is 0. The van der Waals surface area contributed by atoms with Gasteiger partial charge in [-0.05, 0) is 0 Å². The van der Waals surface area contributed by atoms with Crippen molar-refractivity contribution in [3.8, 4) is 0 Å². The summed E-state index contributed by atoms with van der Waals surface area (Å²) < 4.78 is 0. The molecule has 0 amide bonds. The van der Waals surface area contributed by atoms with Gasteiger partial charge in [-0.3, -0.25) is 0 Å². The van der Waals surface area contributed by atoms with Gasteiger partial charge in [-0.2, -0.15) is 0 Å². The van der Waals surface area contributed by atoms with Crippen LogP contribution in [0.2, 0.25) is 0 Å². The number of hydrogen-bond donors (Lipinski definition) is 0. The van der Waals surface area contributed by atoms with E-state index in [1.165, 1.54) is 0 Å². The smallest absolute Gasteiger partial charge is 0 e. The normalized spacial score (nSPS) is 0. The second-order valence-electron chi connectivity index (χ2n) is 0. The van der Waals surface area contributed by atoms with Crippen LogP contribution in [0.15, 0.2) is 0 Å². The maximum absolute atomic E-state index is 0.